The van der Waals surface area contributed by atoms with Gasteiger partial charge >= 0.3 is 0 Å². The summed E-state index contributed by atoms with van der Waals surface area (Å²) in [6, 6.07) is 14.2. The van der Waals surface area contributed by atoms with E-state index >= 15 is 0 Å². The van der Waals surface area contributed by atoms with Crippen LogP contribution < -0.4 is 20.1 Å². The largest absolute Gasteiger partial charge is 0.486 e. The van der Waals surface area contributed by atoms with Crippen molar-refractivity contribution in [2.24, 2.45) is 0 Å². The normalized spacial score (nSPS) is 12.0. The van der Waals surface area contributed by atoms with Crippen molar-refractivity contribution < 1.29 is 14.3 Å². The number of hydrogen-bond donors (Lipinski definition) is 2. The van der Waals surface area contributed by atoms with E-state index in [-0.39, 0.29) is 5.56 Å². The number of benzene rings is 2. The fourth-order valence-electron chi connectivity index (χ4n) is 2.64. The van der Waals surface area contributed by atoms with Gasteiger partial charge in [-0.3, -0.25) is 4.79 Å². The summed E-state index contributed by atoms with van der Waals surface area (Å²) in [5.74, 6) is 1.30. The van der Waals surface area contributed by atoms with E-state index in [0.717, 1.165) is 5.69 Å². The number of rotatable bonds is 4. The smallest absolute Gasteiger partial charge is 0.258 e. The molecule has 1 aromatic heterocycles. The van der Waals surface area contributed by atoms with E-state index in [2.05, 4.69) is 20.6 Å². The summed E-state index contributed by atoms with van der Waals surface area (Å²) in [5, 5.41) is 14.8. The second-order valence-electron chi connectivity index (χ2n) is 5.89. The molecule has 0 spiro atoms. The quantitative estimate of drug-likeness (QED) is 0.723. The maximum atomic E-state index is 12.4. The highest BCUT2D eigenvalue weighted by Crippen LogP contribution is 2.33. The molecule has 2 N–H and O–H groups in total. The first-order valence-electron chi connectivity index (χ1n) is 8.52. The van der Waals surface area contributed by atoms with Crippen LogP contribution in [-0.4, -0.2) is 29.1 Å². The predicted octanol–water partition coefficient (Wildman–Crippen LogP) is 3.12. The summed E-state index contributed by atoms with van der Waals surface area (Å²) >= 11 is 0. The topological polar surface area (TPSA) is 109 Å². The number of nitrogens with one attached hydrogen (secondary N) is 2. The van der Waals surface area contributed by atoms with Crippen molar-refractivity contribution in [3.8, 4) is 17.6 Å². The Hall–Kier alpha value is -4.12. The lowest BCUT2D eigenvalue weighted by Crippen LogP contribution is -2.15. The SMILES string of the molecule is N#Cc1ccccc1NC(=O)c1cnc(Nc2ccc3c(c2)OCCO3)nc1. The third kappa shape index (κ3) is 3.68. The molecule has 0 bridgehead atoms. The Morgan fingerprint density at radius 2 is 1.79 bits per heavy atom. The number of aromatic nitrogens is 2. The van der Waals surface area contributed by atoms with Crippen LogP contribution in [0.1, 0.15) is 15.9 Å². The lowest BCUT2D eigenvalue weighted by molar-refractivity contribution is 0.102. The Morgan fingerprint density at radius 1 is 1.04 bits per heavy atom. The van der Waals surface area contributed by atoms with Gasteiger partial charge in [0.25, 0.3) is 5.91 Å². The van der Waals surface area contributed by atoms with Crippen LogP contribution in [0, 0.1) is 11.3 Å². The highest BCUT2D eigenvalue weighted by atomic mass is 16.6. The van der Waals surface area contributed by atoms with Crippen LogP contribution in [0.2, 0.25) is 0 Å². The molecule has 0 aliphatic carbocycles. The van der Waals surface area contributed by atoms with Gasteiger partial charge in [-0.25, -0.2) is 9.97 Å². The maximum Gasteiger partial charge on any atom is 0.258 e. The van der Waals surface area contributed by atoms with E-state index in [9.17, 15) is 4.79 Å². The van der Waals surface area contributed by atoms with Gasteiger partial charge in [0.2, 0.25) is 5.95 Å². The van der Waals surface area contributed by atoms with Crippen molar-refractivity contribution in [3.63, 3.8) is 0 Å². The molecule has 1 aliphatic heterocycles. The van der Waals surface area contributed by atoms with Crippen molar-refractivity contribution in [1.29, 1.82) is 5.26 Å². The Bertz CT molecular complexity index is 1060. The highest BCUT2D eigenvalue weighted by Gasteiger charge is 2.13. The molecule has 4 rings (SSSR count). The molecule has 138 valence electrons. The summed E-state index contributed by atoms with van der Waals surface area (Å²) in [5.41, 5.74) is 1.84. The molecule has 0 saturated heterocycles. The number of nitrogens with zero attached hydrogens (tertiary/aromatic N) is 3. The summed E-state index contributed by atoms with van der Waals surface area (Å²) < 4.78 is 11.0. The van der Waals surface area contributed by atoms with E-state index in [0.29, 0.717) is 41.9 Å². The molecule has 2 aromatic carbocycles. The van der Waals surface area contributed by atoms with E-state index in [1.54, 1.807) is 30.3 Å². The molecule has 2 heterocycles. The van der Waals surface area contributed by atoms with E-state index in [4.69, 9.17) is 14.7 Å². The predicted molar refractivity (Wildman–Crippen MR) is 102 cm³/mol. The van der Waals surface area contributed by atoms with Crippen molar-refractivity contribution in [2.75, 3.05) is 23.8 Å². The minimum atomic E-state index is -0.395. The third-order valence-corrected chi connectivity index (χ3v) is 4.01. The Labute approximate surface area is 160 Å². The average Bonchev–Trinajstić information content (AvgIpc) is 2.74. The van der Waals surface area contributed by atoms with Crippen molar-refractivity contribution >= 4 is 23.2 Å². The Balaban J connectivity index is 1.45. The van der Waals surface area contributed by atoms with Gasteiger partial charge in [-0.15, -0.1) is 0 Å². The van der Waals surface area contributed by atoms with Crippen LogP contribution in [-0.2, 0) is 0 Å². The molecule has 1 amide bonds. The lowest BCUT2D eigenvalue weighted by Gasteiger charge is -2.19. The monoisotopic (exact) mass is 373 g/mol. The van der Waals surface area contributed by atoms with Gasteiger partial charge in [0.15, 0.2) is 11.5 Å². The molecule has 0 fully saturated rings. The van der Waals surface area contributed by atoms with E-state index in [1.165, 1.54) is 12.4 Å². The molecule has 8 heteroatoms. The number of anilines is 3. The molecular formula is C20H15N5O3. The summed E-state index contributed by atoms with van der Waals surface area (Å²) in [6.45, 7) is 1.04. The van der Waals surface area contributed by atoms with Crippen molar-refractivity contribution in [2.45, 2.75) is 0 Å². The van der Waals surface area contributed by atoms with Crippen LogP contribution in [0.15, 0.2) is 54.9 Å². The average molecular weight is 373 g/mol. The van der Waals surface area contributed by atoms with Crippen LogP contribution >= 0.6 is 0 Å². The van der Waals surface area contributed by atoms with Crippen LogP contribution in [0.25, 0.3) is 0 Å². The van der Waals surface area contributed by atoms with Gasteiger partial charge in [0.05, 0.1) is 16.8 Å². The van der Waals surface area contributed by atoms with Crippen molar-refractivity contribution in [1.82, 2.24) is 9.97 Å². The fourth-order valence-corrected chi connectivity index (χ4v) is 2.64. The van der Waals surface area contributed by atoms with Gasteiger partial charge in [-0.2, -0.15) is 5.26 Å². The molecule has 0 radical (unpaired) electrons. The molecule has 28 heavy (non-hydrogen) atoms. The summed E-state index contributed by atoms with van der Waals surface area (Å²) in [6.07, 6.45) is 2.83. The minimum Gasteiger partial charge on any atom is -0.486 e. The molecule has 0 unspecified atom stereocenters. The lowest BCUT2D eigenvalue weighted by atomic mass is 10.2. The van der Waals surface area contributed by atoms with Crippen LogP contribution in [0.4, 0.5) is 17.3 Å². The minimum absolute atomic E-state index is 0.278. The van der Waals surface area contributed by atoms with Crippen LogP contribution in [0.5, 0.6) is 11.5 Å². The zero-order chi connectivity index (χ0) is 19.3. The van der Waals surface area contributed by atoms with E-state index in [1.807, 2.05) is 18.2 Å². The van der Waals surface area contributed by atoms with Crippen LogP contribution in [0.3, 0.4) is 0 Å². The number of carbonyl (C=O) groups excluding carboxylic acids is 1. The summed E-state index contributed by atoms with van der Waals surface area (Å²) in [7, 11) is 0. The number of carbonyl (C=O) groups is 1. The number of hydrogen-bond acceptors (Lipinski definition) is 7. The molecule has 0 atom stereocenters. The molecule has 1 aliphatic rings. The molecule has 3 aromatic rings. The maximum absolute atomic E-state index is 12.4. The number of para-hydroxylation sites is 1. The number of nitriles is 1. The first-order valence-corrected chi connectivity index (χ1v) is 8.52. The fraction of sp³-hybridized carbons (Fsp3) is 0.100. The molecule has 0 saturated carbocycles. The Kier molecular flexibility index (Phi) is 4.72. The second kappa shape index (κ2) is 7.63. The number of fused-ring (bicyclic) bond motifs is 1. The van der Waals surface area contributed by atoms with Gasteiger partial charge in [-0.05, 0) is 24.3 Å². The summed E-state index contributed by atoms with van der Waals surface area (Å²) in [4.78, 5) is 20.7. The third-order valence-electron chi connectivity index (χ3n) is 4.01. The first-order chi connectivity index (χ1) is 13.7. The van der Waals surface area contributed by atoms with E-state index < -0.39 is 5.91 Å². The number of ether oxygens (including phenoxy) is 2. The molecular weight excluding hydrogens is 358 g/mol. The standard InChI is InChI=1S/C20H15N5O3/c21-10-13-3-1-2-4-16(13)25-19(26)14-11-22-20(23-12-14)24-15-5-6-17-18(9-15)28-8-7-27-17/h1-6,9,11-12H,7-8H2,(H,25,26)(H,22,23,24). The van der Waals surface area contributed by atoms with Gasteiger partial charge in [0, 0.05) is 24.1 Å². The highest BCUT2D eigenvalue weighted by molar-refractivity contribution is 6.04. The Morgan fingerprint density at radius 3 is 2.57 bits per heavy atom. The van der Waals surface area contributed by atoms with Crippen molar-refractivity contribution in [3.05, 3.63) is 66.0 Å². The zero-order valence-electron chi connectivity index (χ0n) is 14.7. The first kappa shape index (κ1) is 17.3. The molecule has 8 nitrogen and oxygen atoms in total. The van der Waals surface area contributed by atoms with Gasteiger partial charge < -0.3 is 20.1 Å². The second-order valence-corrected chi connectivity index (χ2v) is 5.89. The van der Waals surface area contributed by atoms with Gasteiger partial charge in [0.1, 0.15) is 19.3 Å². The zero-order valence-corrected chi connectivity index (χ0v) is 14.7. The van der Waals surface area contributed by atoms with Gasteiger partial charge in [-0.1, -0.05) is 12.1 Å². The number of amides is 1.